The van der Waals surface area contributed by atoms with Crippen molar-refractivity contribution in [2.75, 3.05) is 5.32 Å². The first-order chi connectivity index (χ1) is 11.0. The summed E-state index contributed by atoms with van der Waals surface area (Å²) in [6, 6.07) is 13.5. The molecule has 0 aliphatic carbocycles. The second kappa shape index (κ2) is 6.91. The van der Waals surface area contributed by atoms with E-state index in [4.69, 9.17) is 10.4 Å². The summed E-state index contributed by atoms with van der Waals surface area (Å²) in [6.07, 6.45) is 1.35. The molecule has 0 radical (unpaired) electrons. The highest BCUT2D eigenvalue weighted by Gasteiger charge is 2.10. The van der Waals surface area contributed by atoms with E-state index in [1.165, 1.54) is 42.5 Å². The van der Waals surface area contributed by atoms with E-state index in [9.17, 15) is 14.7 Å². The van der Waals surface area contributed by atoms with Crippen molar-refractivity contribution >= 4 is 23.6 Å². The Bertz CT molecular complexity index is 817. The summed E-state index contributed by atoms with van der Waals surface area (Å²) in [6.45, 7) is 0. The smallest absolute Gasteiger partial charge is 0.335 e. The first-order valence-electron chi connectivity index (χ1n) is 6.55. The molecule has 0 aromatic heterocycles. The molecule has 114 valence electrons. The Morgan fingerprint density at radius 1 is 1.13 bits per heavy atom. The monoisotopic (exact) mass is 308 g/mol. The lowest BCUT2D eigenvalue weighted by Crippen LogP contribution is -2.13. The maximum Gasteiger partial charge on any atom is 0.335 e. The number of benzene rings is 2. The molecule has 1 amide bonds. The number of nitriles is 1. The number of rotatable bonds is 4. The number of hydrogen-bond donors (Lipinski definition) is 3. The number of carbonyl (C=O) groups is 2. The molecular weight excluding hydrogens is 296 g/mol. The molecule has 6 nitrogen and oxygen atoms in total. The Morgan fingerprint density at radius 3 is 2.39 bits per heavy atom. The van der Waals surface area contributed by atoms with E-state index in [2.05, 4.69) is 5.32 Å². The number of phenols is 1. The van der Waals surface area contributed by atoms with E-state index in [-0.39, 0.29) is 16.9 Å². The highest BCUT2D eigenvalue weighted by molar-refractivity contribution is 6.09. The predicted octanol–water partition coefficient (Wildman–Crippen LogP) is 2.64. The summed E-state index contributed by atoms with van der Waals surface area (Å²) in [7, 11) is 0. The number of hydrogen-bond acceptors (Lipinski definition) is 4. The molecule has 0 atom stereocenters. The van der Waals surface area contributed by atoms with Gasteiger partial charge in [-0.2, -0.15) is 5.26 Å². The minimum atomic E-state index is -1.07. The van der Waals surface area contributed by atoms with Crippen molar-refractivity contribution in [3.05, 3.63) is 65.2 Å². The van der Waals surface area contributed by atoms with Gasteiger partial charge in [-0.3, -0.25) is 4.79 Å². The van der Waals surface area contributed by atoms with Crippen LogP contribution in [0.15, 0.2) is 54.1 Å². The number of nitrogens with zero attached hydrogens (tertiary/aromatic N) is 1. The molecule has 0 aliphatic rings. The molecular formula is C17H12N2O4. The number of amides is 1. The molecule has 0 bridgehead atoms. The number of carbonyl (C=O) groups excluding carboxylic acids is 1. The number of phenolic OH excluding ortho intramolecular Hbond substituents is 1. The van der Waals surface area contributed by atoms with Gasteiger partial charge in [-0.05, 0) is 48.0 Å². The molecule has 3 N–H and O–H groups in total. The van der Waals surface area contributed by atoms with Crippen molar-refractivity contribution in [3.8, 4) is 11.8 Å². The number of carboxylic acids is 1. The van der Waals surface area contributed by atoms with Crippen LogP contribution in [0.1, 0.15) is 15.9 Å². The van der Waals surface area contributed by atoms with Gasteiger partial charge in [-0.25, -0.2) is 4.79 Å². The second-order valence-corrected chi connectivity index (χ2v) is 4.60. The summed E-state index contributed by atoms with van der Waals surface area (Å²) in [5.74, 6) is -1.66. The quantitative estimate of drug-likeness (QED) is 0.594. The van der Waals surface area contributed by atoms with Crippen molar-refractivity contribution in [1.29, 1.82) is 5.26 Å². The average Bonchev–Trinajstić information content (AvgIpc) is 2.53. The summed E-state index contributed by atoms with van der Waals surface area (Å²) in [5.41, 5.74) is 0.840. The van der Waals surface area contributed by atoms with Crippen LogP contribution in [0.3, 0.4) is 0 Å². The third-order valence-electron chi connectivity index (χ3n) is 2.94. The van der Waals surface area contributed by atoms with Gasteiger partial charge in [0.25, 0.3) is 5.91 Å². The van der Waals surface area contributed by atoms with Crippen molar-refractivity contribution in [2.45, 2.75) is 0 Å². The number of anilines is 1. The third-order valence-corrected chi connectivity index (χ3v) is 2.94. The van der Waals surface area contributed by atoms with E-state index in [0.717, 1.165) is 0 Å². The summed E-state index contributed by atoms with van der Waals surface area (Å²) in [5, 5.41) is 29.8. The van der Waals surface area contributed by atoms with E-state index in [0.29, 0.717) is 11.3 Å². The van der Waals surface area contributed by atoms with Crippen LogP contribution in [0.2, 0.25) is 0 Å². The van der Waals surface area contributed by atoms with Crippen LogP contribution in [0, 0.1) is 11.3 Å². The minimum Gasteiger partial charge on any atom is -0.508 e. The Kier molecular flexibility index (Phi) is 4.75. The minimum absolute atomic E-state index is 0.0284. The molecule has 23 heavy (non-hydrogen) atoms. The van der Waals surface area contributed by atoms with Gasteiger partial charge in [-0.15, -0.1) is 0 Å². The fourth-order valence-corrected chi connectivity index (χ4v) is 1.82. The van der Waals surface area contributed by atoms with Crippen LogP contribution in [0.5, 0.6) is 5.75 Å². The van der Waals surface area contributed by atoms with Gasteiger partial charge in [0, 0.05) is 5.69 Å². The molecule has 2 aromatic rings. The third kappa shape index (κ3) is 4.19. The SMILES string of the molecule is N#C/C(=C\c1cccc(O)c1)C(=O)Nc1ccc(C(=O)O)cc1. The number of aromatic hydroxyl groups is 1. The summed E-state index contributed by atoms with van der Waals surface area (Å²) >= 11 is 0. The van der Waals surface area contributed by atoms with Crippen molar-refractivity contribution in [3.63, 3.8) is 0 Å². The molecule has 0 unspecified atom stereocenters. The first-order valence-corrected chi connectivity index (χ1v) is 6.55. The van der Waals surface area contributed by atoms with Crippen molar-refractivity contribution in [2.24, 2.45) is 0 Å². The molecule has 2 rings (SSSR count). The zero-order valence-electron chi connectivity index (χ0n) is 11.9. The first kappa shape index (κ1) is 15.8. The van der Waals surface area contributed by atoms with Gasteiger partial charge in [0.15, 0.2) is 0 Å². The van der Waals surface area contributed by atoms with Crippen LogP contribution < -0.4 is 5.32 Å². The lowest BCUT2D eigenvalue weighted by molar-refractivity contribution is -0.112. The molecule has 0 heterocycles. The Balaban J connectivity index is 2.17. The van der Waals surface area contributed by atoms with E-state index < -0.39 is 11.9 Å². The Hall–Kier alpha value is -3.59. The molecule has 6 heteroatoms. The highest BCUT2D eigenvalue weighted by atomic mass is 16.4. The van der Waals surface area contributed by atoms with Gasteiger partial charge >= 0.3 is 5.97 Å². The van der Waals surface area contributed by atoms with Gasteiger partial charge in [0.2, 0.25) is 0 Å². The largest absolute Gasteiger partial charge is 0.508 e. The molecule has 0 fully saturated rings. The Labute approximate surface area is 131 Å². The van der Waals surface area contributed by atoms with Crippen LogP contribution in [0.4, 0.5) is 5.69 Å². The highest BCUT2D eigenvalue weighted by Crippen LogP contribution is 2.15. The number of aromatic carboxylic acids is 1. The maximum absolute atomic E-state index is 12.1. The normalized spacial score (nSPS) is 10.7. The molecule has 0 spiro atoms. The van der Waals surface area contributed by atoms with Gasteiger partial charge < -0.3 is 15.5 Å². The molecule has 0 saturated carbocycles. The van der Waals surface area contributed by atoms with E-state index in [1.54, 1.807) is 18.2 Å². The fourth-order valence-electron chi connectivity index (χ4n) is 1.82. The van der Waals surface area contributed by atoms with Crippen molar-refractivity contribution in [1.82, 2.24) is 0 Å². The van der Waals surface area contributed by atoms with Crippen LogP contribution in [0.25, 0.3) is 6.08 Å². The lowest BCUT2D eigenvalue weighted by atomic mass is 10.1. The standard InChI is InChI=1S/C17H12N2O4/c18-10-13(8-11-2-1-3-15(20)9-11)16(21)19-14-6-4-12(5-7-14)17(22)23/h1-9,20H,(H,19,21)(H,22,23)/b13-8+. The van der Waals surface area contributed by atoms with Crippen molar-refractivity contribution < 1.29 is 19.8 Å². The maximum atomic E-state index is 12.1. The summed E-state index contributed by atoms with van der Waals surface area (Å²) in [4.78, 5) is 22.8. The van der Waals surface area contributed by atoms with Gasteiger partial charge in [-0.1, -0.05) is 12.1 Å². The van der Waals surface area contributed by atoms with E-state index in [1.807, 2.05) is 0 Å². The fraction of sp³-hybridized carbons (Fsp3) is 0. The van der Waals surface area contributed by atoms with E-state index >= 15 is 0 Å². The van der Waals surface area contributed by atoms with Crippen LogP contribution >= 0.6 is 0 Å². The van der Waals surface area contributed by atoms with Gasteiger partial charge in [0.05, 0.1) is 5.56 Å². The van der Waals surface area contributed by atoms with Crippen LogP contribution in [-0.4, -0.2) is 22.1 Å². The molecule has 2 aromatic carbocycles. The zero-order valence-corrected chi connectivity index (χ0v) is 11.9. The topological polar surface area (TPSA) is 110 Å². The zero-order chi connectivity index (χ0) is 16.8. The van der Waals surface area contributed by atoms with Gasteiger partial charge in [0.1, 0.15) is 17.4 Å². The Morgan fingerprint density at radius 2 is 1.83 bits per heavy atom. The molecule has 0 saturated heterocycles. The predicted molar refractivity (Wildman–Crippen MR) is 83.7 cm³/mol. The summed E-state index contributed by atoms with van der Waals surface area (Å²) < 4.78 is 0. The second-order valence-electron chi connectivity index (χ2n) is 4.60. The number of nitrogens with one attached hydrogen (secondary N) is 1. The molecule has 0 aliphatic heterocycles. The average molecular weight is 308 g/mol. The number of carboxylic acid groups (broad SMARTS) is 1. The lowest BCUT2D eigenvalue weighted by Gasteiger charge is -2.05. The van der Waals surface area contributed by atoms with Crippen LogP contribution in [-0.2, 0) is 4.79 Å².